The summed E-state index contributed by atoms with van der Waals surface area (Å²) in [6.07, 6.45) is 1.64. The highest BCUT2D eigenvalue weighted by atomic mass is 19.1. The van der Waals surface area contributed by atoms with Crippen LogP contribution in [0.25, 0.3) is 10.9 Å². The zero-order valence-corrected chi connectivity index (χ0v) is 19.3. The van der Waals surface area contributed by atoms with E-state index in [0.717, 1.165) is 42.4 Å². The molecular weight excluding hydrogens is 427 g/mol. The number of halogens is 1. The van der Waals surface area contributed by atoms with E-state index in [9.17, 15) is 14.3 Å². The highest BCUT2D eigenvalue weighted by Crippen LogP contribution is 2.42. The lowest BCUT2D eigenvalue weighted by Crippen LogP contribution is -2.44. The van der Waals surface area contributed by atoms with Crippen molar-refractivity contribution in [2.45, 2.75) is 25.0 Å². The Morgan fingerprint density at radius 2 is 1.50 bits per heavy atom. The monoisotopic (exact) mass is 456 g/mol. The molecule has 2 heterocycles. The number of pyridine rings is 1. The molecule has 0 atom stereocenters. The summed E-state index contributed by atoms with van der Waals surface area (Å²) in [7, 11) is 1.69. The fraction of sp³-hybridized carbons (Fsp3) is 0.276. The predicted molar refractivity (Wildman–Crippen MR) is 133 cm³/mol. The average Bonchev–Trinajstić information content (AvgIpc) is 2.88. The Hall–Kier alpha value is -3.28. The topological polar surface area (TPSA) is 45.5 Å². The molecule has 0 bridgehead atoms. The van der Waals surface area contributed by atoms with Gasteiger partial charge in [-0.15, -0.1) is 0 Å². The summed E-state index contributed by atoms with van der Waals surface area (Å²) < 4.78 is 15.2. The number of likely N-dealkylation sites (tertiary alicyclic amines) is 1. The average molecular weight is 457 g/mol. The number of aromatic nitrogens is 1. The second-order valence-electron chi connectivity index (χ2n) is 9.29. The van der Waals surface area contributed by atoms with Crippen LogP contribution in [-0.2, 0) is 19.2 Å². The van der Waals surface area contributed by atoms with E-state index >= 15 is 0 Å². The van der Waals surface area contributed by atoms with Crippen molar-refractivity contribution in [1.29, 1.82) is 0 Å². The summed E-state index contributed by atoms with van der Waals surface area (Å²) in [4.78, 5) is 15.2. The first-order valence-electron chi connectivity index (χ1n) is 11.8. The van der Waals surface area contributed by atoms with Gasteiger partial charge in [-0.25, -0.2) is 4.39 Å². The lowest BCUT2D eigenvalue weighted by Gasteiger charge is -2.42. The van der Waals surface area contributed by atoms with Gasteiger partial charge in [0, 0.05) is 19.2 Å². The molecule has 4 nitrogen and oxygen atoms in total. The number of aliphatic hydroxyl groups is 1. The molecule has 1 aromatic heterocycles. The second kappa shape index (κ2) is 9.16. The first kappa shape index (κ1) is 22.5. The quantitative estimate of drug-likeness (QED) is 0.468. The number of aryl methyl sites for hydroxylation is 1. The molecule has 1 fully saturated rings. The van der Waals surface area contributed by atoms with Crippen molar-refractivity contribution in [3.8, 4) is 0 Å². The minimum Gasteiger partial charge on any atom is -0.380 e. The highest BCUT2D eigenvalue weighted by molar-refractivity contribution is 5.79. The van der Waals surface area contributed by atoms with E-state index in [0.29, 0.717) is 17.6 Å². The lowest BCUT2D eigenvalue weighted by atomic mass is 9.72. The van der Waals surface area contributed by atoms with Gasteiger partial charge in [-0.3, -0.25) is 9.69 Å². The summed E-state index contributed by atoms with van der Waals surface area (Å²) in [5, 5.41) is 12.9. The molecule has 0 saturated carbocycles. The lowest BCUT2D eigenvalue weighted by molar-refractivity contribution is -0.0153. The fourth-order valence-electron chi connectivity index (χ4n) is 5.39. The Bertz CT molecular complexity index is 1300. The van der Waals surface area contributed by atoms with Crippen molar-refractivity contribution in [3.05, 3.63) is 118 Å². The molecule has 1 aliphatic rings. The number of rotatable bonds is 5. The van der Waals surface area contributed by atoms with Crippen LogP contribution in [0.2, 0.25) is 0 Å². The first-order chi connectivity index (χ1) is 16.5. The van der Waals surface area contributed by atoms with Crippen molar-refractivity contribution >= 4 is 10.9 Å². The minimum absolute atomic E-state index is 0.0657. The molecule has 3 aromatic carbocycles. The number of hydrogen-bond acceptors (Lipinski definition) is 3. The summed E-state index contributed by atoms with van der Waals surface area (Å²) >= 11 is 0. The van der Waals surface area contributed by atoms with Gasteiger partial charge in [0.25, 0.3) is 5.56 Å². The summed E-state index contributed by atoms with van der Waals surface area (Å²) in [5.41, 5.74) is 1.98. The third kappa shape index (κ3) is 4.06. The van der Waals surface area contributed by atoms with Crippen molar-refractivity contribution in [3.63, 3.8) is 0 Å². The zero-order chi connectivity index (χ0) is 23.7. The molecule has 5 heteroatoms. The molecule has 0 aliphatic carbocycles. The zero-order valence-electron chi connectivity index (χ0n) is 19.3. The number of fused-ring (bicyclic) bond motifs is 1. The molecule has 0 spiro atoms. The maximum atomic E-state index is 13.7. The molecule has 0 amide bonds. The van der Waals surface area contributed by atoms with Gasteiger partial charge >= 0.3 is 0 Å². The molecule has 1 N–H and O–H groups in total. The largest absolute Gasteiger partial charge is 0.380 e. The van der Waals surface area contributed by atoms with Crippen LogP contribution in [0.15, 0.2) is 89.7 Å². The molecule has 5 rings (SSSR count). The van der Waals surface area contributed by atoms with E-state index in [1.807, 2.05) is 66.7 Å². The Kier molecular flexibility index (Phi) is 6.07. The molecule has 0 unspecified atom stereocenters. The first-order valence-corrected chi connectivity index (χ1v) is 11.8. The van der Waals surface area contributed by atoms with Crippen molar-refractivity contribution < 1.29 is 9.50 Å². The number of benzene rings is 3. The van der Waals surface area contributed by atoms with Gasteiger partial charge in [0.2, 0.25) is 0 Å². The van der Waals surface area contributed by atoms with Gasteiger partial charge in [0.1, 0.15) is 11.4 Å². The van der Waals surface area contributed by atoms with Crippen LogP contribution in [0, 0.1) is 11.7 Å². The smallest absolute Gasteiger partial charge is 0.255 e. The van der Waals surface area contributed by atoms with E-state index < -0.39 is 5.60 Å². The normalized spacial score (nSPS) is 15.6. The standard InChI is InChI=1S/C29H29FN2O2/c1-31-27-19-26(30)13-12-21(27)18-22(28(31)33)20-32-16-14-25(15-17-32)29(34,23-8-4-2-5-9-23)24-10-6-3-7-11-24/h2-13,18-19,25,34H,14-17,20H2,1H3. The van der Waals surface area contributed by atoms with E-state index in [1.165, 1.54) is 16.7 Å². The Balaban J connectivity index is 1.38. The van der Waals surface area contributed by atoms with Crippen molar-refractivity contribution in [2.75, 3.05) is 13.1 Å². The van der Waals surface area contributed by atoms with Crippen molar-refractivity contribution in [2.24, 2.45) is 13.0 Å². The Morgan fingerprint density at radius 1 is 0.912 bits per heavy atom. The van der Waals surface area contributed by atoms with Crippen LogP contribution in [-0.4, -0.2) is 27.7 Å². The number of hydrogen-bond donors (Lipinski definition) is 1. The van der Waals surface area contributed by atoms with E-state index in [2.05, 4.69) is 4.90 Å². The molecule has 4 aromatic rings. The second-order valence-corrected chi connectivity index (χ2v) is 9.29. The third-order valence-electron chi connectivity index (χ3n) is 7.26. The SMILES string of the molecule is Cn1c(=O)c(CN2CCC(C(O)(c3ccccc3)c3ccccc3)CC2)cc2ccc(F)cc21. The highest BCUT2D eigenvalue weighted by Gasteiger charge is 2.41. The van der Waals surface area contributed by atoms with Gasteiger partial charge in [0.15, 0.2) is 0 Å². The van der Waals surface area contributed by atoms with Crippen LogP contribution < -0.4 is 5.56 Å². The molecular formula is C29H29FN2O2. The summed E-state index contributed by atoms with van der Waals surface area (Å²) in [6, 6.07) is 26.3. The maximum Gasteiger partial charge on any atom is 0.255 e. The van der Waals surface area contributed by atoms with E-state index in [4.69, 9.17) is 0 Å². The molecule has 34 heavy (non-hydrogen) atoms. The van der Waals surface area contributed by atoms with Crippen LogP contribution in [0.1, 0.15) is 29.5 Å². The Labute approximate surface area is 198 Å². The van der Waals surface area contributed by atoms with E-state index in [1.54, 1.807) is 13.1 Å². The minimum atomic E-state index is -1.06. The fourth-order valence-corrected chi connectivity index (χ4v) is 5.39. The molecule has 1 saturated heterocycles. The summed E-state index contributed by atoms with van der Waals surface area (Å²) in [5.74, 6) is -0.280. The van der Waals surface area contributed by atoms with Crippen LogP contribution in [0.5, 0.6) is 0 Å². The van der Waals surface area contributed by atoms with Crippen LogP contribution in [0.3, 0.4) is 0 Å². The van der Waals surface area contributed by atoms with Gasteiger partial charge in [0.05, 0.1) is 5.52 Å². The predicted octanol–water partition coefficient (Wildman–Crippen LogP) is 4.83. The number of nitrogens with zero attached hydrogens (tertiary/aromatic N) is 2. The molecule has 0 radical (unpaired) electrons. The molecule has 1 aliphatic heterocycles. The summed E-state index contributed by atoms with van der Waals surface area (Å²) in [6.45, 7) is 2.12. The Morgan fingerprint density at radius 3 is 2.09 bits per heavy atom. The van der Waals surface area contributed by atoms with E-state index in [-0.39, 0.29) is 17.3 Å². The van der Waals surface area contributed by atoms with Gasteiger partial charge in [-0.2, -0.15) is 0 Å². The van der Waals surface area contributed by atoms with Gasteiger partial charge in [-0.05, 0) is 72.6 Å². The van der Waals surface area contributed by atoms with Crippen LogP contribution >= 0.6 is 0 Å². The molecule has 174 valence electrons. The van der Waals surface area contributed by atoms with Crippen LogP contribution in [0.4, 0.5) is 4.39 Å². The number of piperidine rings is 1. The maximum absolute atomic E-state index is 13.7. The van der Waals surface area contributed by atoms with Crippen molar-refractivity contribution in [1.82, 2.24) is 9.47 Å². The van der Waals surface area contributed by atoms with Gasteiger partial charge < -0.3 is 9.67 Å². The third-order valence-corrected chi connectivity index (χ3v) is 7.26. The van der Waals surface area contributed by atoms with Gasteiger partial charge in [-0.1, -0.05) is 60.7 Å².